The van der Waals surface area contributed by atoms with Crippen LogP contribution in [0.1, 0.15) is 17.3 Å². The molecule has 1 aliphatic heterocycles. The first kappa shape index (κ1) is 18.2. The summed E-state index contributed by atoms with van der Waals surface area (Å²) >= 11 is 0. The van der Waals surface area contributed by atoms with E-state index in [1.807, 2.05) is 0 Å². The van der Waals surface area contributed by atoms with Gasteiger partial charge in [-0.15, -0.1) is 0 Å². The van der Waals surface area contributed by atoms with Gasteiger partial charge in [0.2, 0.25) is 0 Å². The molecule has 1 aromatic carbocycles. The largest absolute Gasteiger partial charge is 0.368 e. The molecule has 5 nitrogen and oxygen atoms in total. The number of likely N-dealkylation sites (N-methyl/N-ethyl adjacent to an activating group) is 1. The maximum absolute atomic E-state index is 13.7. The number of benzene rings is 1. The van der Waals surface area contributed by atoms with Crippen molar-refractivity contribution < 1.29 is 18.0 Å². The second kappa shape index (κ2) is 7.74. The molecule has 8 heteroatoms. The van der Waals surface area contributed by atoms with Crippen LogP contribution in [-0.2, 0) is 0 Å². The molecule has 3 rings (SSSR count). The van der Waals surface area contributed by atoms with E-state index in [9.17, 15) is 18.0 Å². The number of hydrogen-bond donors (Lipinski definition) is 1. The minimum atomic E-state index is -1.62. The number of amides is 1. The minimum Gasteiger partial charge on any atom is -0.368 e. The molecule has 1 aromatic heterocycles. The van der Waals surface area contributed by atoms with Crippen LogP contribution in [0.5, 0.6) is 0 Å². The third-order valence-electron chi connectivity index (χ3n) is 4.45. The maximum atomic E-state index is 13.7. The van der Waals surface area contributed by atoms with Crippen LogP contribution in [-0.4, -0.2) is 48.5 Å². The van der Waals surface area contributed by atoms with Crippen LogP contribution in [0.25, 0.3) is 0 Å². The summed E-state index contributed by atoms with van der Waals surface area (Å²) in [4.78, 5) is 20.9. The summed E-state index contributed by atoms with van der Waals surface area (Å²) in [6.45, 7) is 6.59. The van der Waals surface area contributed by atoms with Crippen molar-refractivity contribution in [1.82, 2.24) is 9.88 Å². The van der Waals surface area contributed by atoms with Gasteiger partial charge in [0, 0.05) is 32.4 Å². The molecule has 2 heterocycles. The molecule has 0 saturated carbocycles. The zero-order valence-corrected chi connectivity index (χ0v) is 14.3. The van der Waals surface area contributed by atoms with Gasteiger partial charge in [-0.3, -0.25) is 9.78 Å². The zero-order chi connectivity index (χ0) is 18.7. The maximum Gasteiger partial charge on any atom is 0.257 e. The number of piperazine rings is 1. The highest BCUT2D eigenvalue weighted by Gasteiger charge is 2.19. The fourth-order valence-electron chi connectivity index (χ4n) is 2.86. The summed E-state index contributed by atoms with van der Waals surface area (Å²) in [5.74, 6) is -5.01. The number of carbonyl (C=O) groups excluding carboxylic acids is 1. The lowest BCUT2D eigenvalue weighted by Gasteiger charge is -2.35. The number of pyridine rings is 1. The van der Waals surface area contributed by atoms with Gasteiger partial charge < -0.3 is 15.1 Å². The van der Waals surface area contributed by atoms with Crippen molar-refractivity contribution in [3.8, 4) is 0 Å². The van der Waals surface area contributed by atoms with Crippen LogP contribution < -0.4 is 10.2 Å². The van der Waals surface area contributed by atoms with Crippen LogP contribution in [0, 0.1) is 17.5 Å². The first-order valence-electron chi connectivity index (χ1n) is 8.36. The van der Waals surface area contributed by atoms with Crippen LogP contribution in [0.4, 0.5) is 24.5 Å². The normalized spacial score (nSPS) is 15.2. The van der Waals surface area contributed by atoms with E-state index in [-0.39, 0.29) is 5.56 Å². The Kier molecular flexibility index (Phi) is 5.41. The van der Waals surface area contributed by atoms with Gasteiger partial charge in [0.1, 0.15) is 0 Å². The average molecular weight is 364 g/mol. The summed E-state index contributed by atoms with van der Waals surface area (Å²) in [5, 5.41) is 2.25. The molecule has 26 heavy (non-hydrogen) atoms. The molecule has 1 N–H and O–H groups in total. The lowest BCUT2D eigenvalue weighted by Crippen LogP contribution is -2.46. The SMILES string of the molecule is CCN1CCN(c2cncc(C(=O)Nc3ccc(F)c(F)c3F)c2)CC1. The van der Waals surface area contributed by atoms with Crippen molar-refractivity contribution in [2.75, 3.05) is 42.9 Å². The second-order valence-corrected chi connectivity index (χ2v) is 6.03. The van der Waals surface area contributed by atoms with Gasteiger partial charge in [0.25, 0.3) is 5.91 Å². The van der Waals surface area contributed by atoms with E-state index in [2.05, 4.69) is 27.0 Å². The Labute approximate surface area is 149 Å². The number of halogens is 3. The van der Waals surface area contributed by atoms with Gasteiger partial charge in [-0.1, -0.05) is 6.92 Å². The average Bonchev–Trinajstić information content (AvgIpc) is 2.68. The lowest BCUT2D eigenvalue weighted by molar-refractivity contribution is 0.102. The smallest absolute Gasteiger partial charge is 0.257 e. The highest BCUT2D eigenvalue weighted by Crippen LogP contribution is 2.21. The van der Waals surface area contributed by atoms with Crippen LogP contribution in [0.15, 0.2) is 30.6 Å². The monoisotopic (exact) mass is 364 g/mol. The standard InChI is InChI=1S/C18H19F3N4O/c1-2-24-5-7-25(8-6-24)13-9-12(10-22-11-13)18(26)23-15-4-3-14(19)16(20)17(15)21/h3-4,9-11H,2,5-8H2,1H3,(H,23,26). The van der Waals surface area contributed by atoms with Crippen molar-refractivity contribution in [3.63, 3.8) is 0 Å². The molecule has 1 saturated heterocycles. The summed E-state index contributed by atoms with van der Waals surface area (Å²) in [6.07, 6.45) is 3.01. The molecular weight excluding hydrogens is 345 g/mol. The molecule has 138 valence electrons. The fraction of sp³-hybridized carbons (Fsp3) is 0.333. The van der Waals surface area contributed by atoms with Gasteiger partial charge in [-0.05, 0) is 24.7 Å². The number of nitrogens with zero attached hydrogens (tertiary/aromatic N) is 3. The highest BCUT2D eigenvalue weighted by atomic mass is 19.2. The minimum absolute atomic E-state index is 0.213. The number of aromatic nitrogens is 1. The Morgan fingerprint density at radius 2 is 1.85 bits per heavy atom. The zero-order valence-electron chi connectivity index (χ0n) is 14.3. The Morgan fingerprint density at radius 1 is 1.12 bits per heavy atom. The molecule has 0 aliphatic carbocycles. The summed E-state index contributed by atoms with van der Waals surface area (Å²) < 4.78 is 40.0. The molecule has 0 unspecified atom stereocenters. The summed E-state index contributed by atoms with van der Waals surface area (Å²) in [6, 6.07) is 3.39. The van der Waals surface area contributed by atoms with Crippen LogP contribution in [0.2, 0.25) is 0 Å². The van der Waals surface area contributed by atoms with Gasteiger partial charge in [-0.25, -0.2) is 13.2 Å². The highest BCUT2D eigenvalue weighted by molar-refractivity contribution is 6.04. The van der Waals surface area contributed by atoms with Crippen LogP contribution in [0.3, 0.4) is 0 Å². The first-order chi connectivity index (χ1) is 12.5. The van der Waals surface area contributed by atoms with Crippen LogP contribution >= 0.6 is 0 Å². The molecule has 1 aliphatic rings. The van der Waals surface area contributed by atoms with E-state index in [1.54, 1.807) is 12.3 Å². The van der Waals surface area contributed by atoms with E-state index in [0.29, 0.717) is 0 Å². The molecule has 1 amide bonds. The van der Waals surface area contributed by atoms with Crippen molar-refractivity contribution in [1.29, 1.82) is 0 Å². The number of carbonyl (C=O) groups is 1. The molecule has 0 spiro atoms. The van der Waals surface area contributed by atoms with E-state index in [4.69, 9.17) is 0 Å². The summed E-state index contributed by atoms with van der Waals surface area (Å²) in [5.41, 5.74) is 0.583. The molecule has 1 fully saturated rings. The molecule has 0 radical (unpaired) electrons. The van der Waals surface area contributed by atoms with Crippen molar-refractivity contribution in [3.05, 3.63) is 53.6 Å². The van der Waals surface area contributed by atoms with Gasteiger partial charge in [-0.2, -0.15) is 0 Å². The topological polar surface area (TPSA) is 48.5 Å². The predicted molar refractivity (Wildman–Crippen MR) is 92.8 cm³/mol. The fourth-order valence-corrected chi connectivity index (χ4v) is 2.86. The second-order valence-electron chi connectivity index (χ2n) is 6.03. The summed E-state index contributed by atoms with van der Waals surface area (Å²) in [7, 11) is 0. The molecule has 2 aromatic rings. The Morgan fingerprint density at radius 3 is 2.54 bits per heavy atom. The molecular formula is C18H19F3N4O. The third-order valence-corrected chi connectivity index (χ3v) is 4.45. The van der Waals surface area contributed by atoms with E-state index in [1.165, 1.54) is 6.20 Å². The number of hydrogen-bond acceptors (Lipinski definition) is 4. The van der Waals surface area contributed by atoms with E-state index in [0.717, 1.165) is 50.5 Å². The predicted octanol–water partition coefficient (Wildman–Crippen LogP) is 2.89. The van der Waals surface area contributed by atoms with Gasteiger partial charge in [0.15, 0.2) is 17.5 Å². The Balaban J connectivity index is 1.74. The van der Waals surface area contributed by atoms with Crippen molar-refractivity contribution >= 4 is 17.3 Å². The van der Waals surface area contributed by atoms with Crippen molar-refractivity contribution in [2.24, 2.45) is 0 Å². The Bertz CT molecular complexity index is 807. The number of nitrogens with one attached hydrogen (secondary N) is 1. The van der Waals surface area contributed by atoms with Crippen molar-refractivity contribution in [2.45, 2.75) is 6.92 Å². The quantitative estimate of drug-likeness (QED) is 0.848. The lowest BCUT2D eigenvalue weighted by atomic mass is 10.2. The molecule has 0 atom stereocenters. The van der Waals surface area contributed by atoms with E-state index >= 15 is 0 Å². The third kappa shape index (κ3) is 3.80. The first-order valence-corrected chi connectivity index (χ1v) is 8.36. The molecule has 0 bridgehead atoms. The van der Waals surface area contributed by atoms with Gasteiger partial charge in [0.05, 0.1) is 23.1 Å². The number of anilines is 2. The van der Waals surface area contributed by atoms with E-state index < -0.39 is 29.0 Å². The Hall–Kier alpha value is -2.61. The number of rotatable bonds is 4. The van der Waals surface area contributed by atoms with Gasteiger partial charge >= 0.3 is 0 Å².